The van der Waals surface area contributed by atoms with Gasteiger partial charge < -0.3 is 4.74 Å². The maximum Gasteiger partial charge on any atom is 0.191 e. The number of hydrogen-bond acceptors (Lipinski definition) is 1. The van der Waals surface area contributed by atoms with Crippen LogP contribution in [0.5, 0.6) is 5.75 Å². The Bertz CT molecular complexity index is 771. The summed E-state index contributed by atoms with van der Waals surface area (Å²) in [5.74, 6) is 2.91. The van der Waals surface area contributed by atoms with Crippen molar-refractivity contribution in [1.29, 1.82) is 0 Å². The van der Waals surface area contributed by atoms with Crippen LogP contribution in [-0.4, -0.2) is 6.61 Å². The van der Waals surface area contributed by atoms with Crippen LogP contribution in [0.1, 0.15) is 89.2 Å². The molecule has 0 amide bonds. The first-order chi connectivity index (χ1) is 15.1. The van der Waals surface area contributed by atoms with E-state index in [4.69, 9.17) is 4.74 Å². The maximum atomic E-state index is 15.0. The lowest BCUT2D eigenvalue weighted by molar-refractivity contribution is 0.0689. The van der Waals surface area contributed by atoms with Crippen LogP contribution in [0.2, 0.25) is 0 Å². The number of halogens is 2. The topological polar surface area (TPSA) is 9.23 Å². The minimum absolute atomic E-state index is 0.198. The summed E-state index contributed by atoms with van der Waals surface area (Å²) < 4.78 is 34.9. The number of ether oxygens (including phenoxy) is 1. The van der Waals surface area contributed by atoms with Crippen molar-refractivity contribution in [3.63, 3.8) is 0 Å². The van der Waals surface area contributed by atoms with Gasteiger partial charge in [-0.2, -0.15) is 0 Å². The maximum absolute atomic E-state index is 15.0. The second-order valence-corrected chi connectivity index (χ2v) is 10.4. The van der Waals surface area contributed by atoms with Crippen molar-refractivity contribution in [2.45, 2.75) is 90.9 Å². The first-order valence-corrected chi connectivity index (χ1v) is 12.8. The van der Waals surface area contributed by atoms with Gasteiger partial charge in [-0.1, -0.05) is 44.8 Å². The molecule has 31 heavy (non-hydrogen) atoms. The Morgan fingerprint density at radius 3 is 2.52 bits per heavy atom. The summed E-state index contributed by atoms with van der Waals surface area (Å²) in [7, 11) is 0. The molecule has 2 fully saturated rings. The van der Waals surface area contributed by atoms with Crippen LogP contribution >= 0.6 is 0 Å². The van der Waals surface area contributed by atoms with Crippen molar-refractivity contribution >= 4 is 0 Å². The molecule has 0 saturated heterocycles. The largest absolute Gasteiger partial charge is 0.483 e. The molecule has 3 aliphatic rings. The van der Waals surface area contributed by atoms with Gasteiger partial charge in [0.05, 0.1) is 0 Å². The molecule has 1 nitrogen and oxygen atoms in total. The molecule has 3 heteroatoms. The molecule has 2 saturated carbocycles. The number of unbranched alkanes of at least 4 members (excludes halogenated alkanes) is 1. The SMILES string of the molecule is C/C=C/COc1c(F)cc2c(c1F)CCC(C1CCC3CC(CCCC)CCC3C1)C2. The summed E-state index contributed by atoms with van der Waals surface area (Å²) in [6, 6.07) is 1.56. The molecule has 1 aromatic rings. The van der Waals surface area contributed by atoms with Crippen LogP contribution in [0.15, 0.2) is 18.2 Å². The number of fused-ring (bicyclic) bond motifs is 2. The van der Waals surface area contributed by atoms with E-state index < -0.39 is 11.6 Å². The predicted octanol–water partition coefficient (Wildman–Crippen LogP) is 8.05. The first kappa shape index (κ1) is 22.8. The molecule has 172 valence electrons. The highest BCUT2D eigenvalue weighted by atomic mass is 19.1. The minimum atomic E-state index is -0.546. The van der Waals surface area contributed by atoms with E-state index in [1.807, 2.05) is 13.0 Å². The highest BCUT2D eigenvalue weighted by Crippen LogP contribution is 2.49. The van der Waals surface area contributed by atoms with Gasteiger partial charge in [0.1, 0.15) is 6.61 Å². The molecule has 0 radical (unpaired) electrons. The van der Waals surface area contributed by atoms with Crippen LogP contribution in [0.4, 0.5) is 8.78 Å². The van der Waals surface area contributed by atoms with Gasteiger partial charge in [-0.05, 0) is 105 Å². The van der Waals surface area contributed by atoms with Crippen molar-refractivity contribution in [2.24, 2.45) is 29.6 Å². The summed E-state index contributed by atoms with van der Waals surface area (Å²) in [6.07, 6.45) is 18.6. The van der Waals surface area contributed by atoms with E-state index in [1.165, 1.54) is 57.8 Å². The quantitative estimate of drug-likeness (QED) is 0.398. The number of hydrogen-bond donors (Lipinski definition) is 0. The molecule has 0 heterocycles. The van der Waals surface area contributed by atoms with Crippen molar-refractivity contribution < 1.29 is 13.5 Å². The monoisotopic (exact) mass is 430 g/mol. The molecule has 5 atom stereocenters. The van der Waals surface area contributed by atoms with Crippen LogP contribution < -0.4 is 4.74 Å². The highest BCUT2D eigenvalue weighted by molar-refractivity contribution is 5.41. The van der Waals surface area contributed by atoms with E-state index in [0.29, 0.717) is 11.5 Å². The lowest BCUT2D eigenvalue weighted by atomic mass is 9.61. The highest BCUT2D eigenvalue weighted by Gasteiger charge is 2.39. The van der Waals surface area contributed by atoms with E-state index in [2.05, 4.69) is 6.92 Å². The first-order valence-electron chi connectivity index (χ1n) is 12.8. The third-order valence-electron chi connectivity index (χ3n) is 8.57. The smallest absolute Gasteiger partial charge is 0.191 e. The Hall–Kier alpha value is -1.38. The zero-order valence-electron chi connectivity index (χ0n) is 19.5. The Kier molecular flexibility index (Phi) is 7.72. The molecular formula is C28H40F2O. The van der Waals surface area contributed by atoms with E-state index in [0.717, 1.165) is 48.5 Å². The molecule has 0 bridgehead atoms. The van der Waals surface area contributed by atoms with Gasteiger partial charge in [0.25, 0.3) is 0 Å². The Morgan fingerprint density at radius 2 is 1.74 bits per heavy atom. The molecule has 5 unspecified atom stereocenters. The van der Waals surface area contributed by atoms with Crippen molar-refractivity contribution in [2.75, 3.05) is 6.61 Å². The van der Waals surface area contributed by atoms with Gasteiger partial charge in [-0.15, -0.1) is 0 Å². The average molecular weight is 431 g/mol. The predicted molar refractivity (Wildman–Crippen MR) is 123 cm³/mol. The summed E-state index contributed by atoms with van der Waals surface area (Å²) in [6.45, 7) is 4.37. The summed E-state index contributed by atoms with van der Waals surface area (Å²) in [5, 5.41) is 0. The molecule has 0 aliphatic heterocycles. The summed E-state index contributed by atoms with van der Waals surface area (Å²) in [5.41, 5.74) is 1.58. The third kappa shape index (κ3) is 5.17. The molecule has 3 aliphatic carbocycles. The second-order valence-electron chi connectivity index (χ2n) is 10.4. The van der Waals surface area contributed by atoms with Crippen molar-refractivity contribution in [3.8, 4) is 5.75 Å². The third-order valence-corrected chi connectivity index (χ3v) is 8.57. The fourth-order valence-electron chi connectivity index (χ4n) is 6.82. The lowest BCUT2D eigenvalue weighted by Gasteiger charge is -2.45. The van der Waals surface area contributed by atoms with E-state index >= 15 is 0 Å². The van der Waals surface area contributed by atoms with E-state index in [9.17, 15) is 8.78 Å². The lowest BCUT2D eigenvalue weighted by Crippen LogP contribution is -2.35. The van der Waals surface area contributed by atoms with Gasteiger partial charge in [0, 0.05) is 0 Å². The standard InChI is InChI=1S/C28H40F2O/c1-3-5-7-19-8-9-21-16-22(11-10-20(21)15-19)23-12-13-25-24(17-23)18-26(29)28(27(25)30)31-14-6-4-2/h4,6,18-23H,3,5,7-17H2,1-2H3/b6-4+. The van der Waals surface area contributed by atoms with Crippen LogP contribution in [0.25, 0.3) is 0 Å². The average Bonchev–Trinajstić information content (AvgIpc) is 2.79. The molecular weight excluding hydrogens is 390 g/mol. The minimum Gasteiger partial charge on any atom is -0.483 e. The van der Waals surface area contributed by atoms with Crippen LogP contribution in [-0.2, 0) is 12.8 Å². The zero-order chi connectivity index (χ0) is 21.8. The fraction of sp³-hybridized carbons (Fsp3) is 0.714. The molecule has 0 N–H and O–H groups in total. The Labute approximate surface area is 187 Å². The number of rotatable bonds is 7. The van der Waals surface area contributed by atoms with Gasteiger partial charge >= 0.3 is 0 Å². The van der Waals surface area contributed by atoms with Crippen molar-refractivity contribution in [1.82, 2.24) is 0 Å². The summed E-state index contributed by atoms with van der Waals surface area (Å²) >= 11 is 0. The van der Waals surface area contributed by atoms with E-state index in [1.54, 1.807) is 12.1 Å². The van der Waals surface area contributed by atoms with Gasteiger partial charge in [0.15, 0.2) is 17.4 Å². The zero-order valence-corrected chi connectivity index (χ0v) is 19.5. The molecule has 0 spiro atoms. The molecule has 1 aromatic carbocycles. The number of allylic oxidation sites excluding steroid dienone is 1. The van der Waals surface area contributed by atoms with Gasteiger partial charge in [-0.3, -0.25) is 0 Å². The van der Waals surface area contributed by atoms with Crippen LogP contribution in [0.3, 0.4) is 0 Å². The van der Waals surface area contributed by atoms with Gasteiger partial charge in [-0.25, -0.2) is 8.78 Å². The Balaban J connectivity index is 1.37. The molecule has 0 aromatic heterocycles. The fourth-order valence-corrected chi connectivity index (χ4v) is 6.82. The van der Waals surface area contributed by atoms with Gasteiger partial charge in [0.2, 0.25) is 0 Å². The number of benzene rings is 1. The summed E-state index contributed by atoms with van der Waals surface area (Å²) in [4.78, 5) is 0. The Morgan fingerprint density at radius 1 is 1.00 bits per heavy atom. The van der Waals surface area contributed by atoms with Crippen molar-refractivity contribution in [3.05, 3.63) is 41.0 Å². The second kappa shape index (κ2) is 10.5. The van der Waals surface area contributed by atoms with E-state index in [-0.39, 0.29) is 12.4 Å². The van der Waals surface area contributed by atoms with Crippen LogP contribution in [0, 0.1) is 41.2 Å². The molecule has 4 rings (SSSR count). The normalized spacial score (nSPS) is 30.8.